The van der Waals surface area contributed by atoms with Crippen molar-refractivity contribution in [2.45, 2.75) is 57.9 Å². The first kappa shape index (κ1) is 16.8. The molecular formula is C14H27N3O3. The van der Waals surface area contributed by atoms with E-state index in [1.165, 1.54) is 0 Å². The predicted octanol–water partition coefficient (Wildman–Crippen LogP) is 1.61. The number of hydrogen-bond acceptors (Lipinski definition) is 4. The summed E-state index contributed by atoms with van der Waals surface area (Å²) in [5, 5.41) is 15.0. The van der Waals surface area contributed by atoms with Crippen molar-refractivity contribution in [3.63, 3.8) is 0 Å². The molecule has 1 saturated carbocycles. The van der Waals surface area contributed by atoms with Gasteiger partial charge in [-0.25, -0.2) is 0 Å². The number of oxime groups is 1. The summed E-state index contributed by atoms with van der Waals surface area (Å²) in [4.78, 5) is 12.0. The van der Waals surface area contributed by atoms with Crippen molar-refractivity contribution in [1.29, 1.82) is 0 Å². The summed E-state index contributed by atoms with van der Waals surface area (Å²) in [5.41, 5.74) is 5.12. The molecule has 0 bridgehead atoms. The molecule has 0 radical (unpaired) electrons. The molecule has 0 aliphatic heterocycles. The smallest absolute Gasteiger partial charge is 0.223 e. The van der Waals surface area contributed by atoms with Gasteiger partial charge in [-0.05, 0) is 38.0 Å². The number of rotatable bonds is 7. The number of amides is 1. The Morgan fingerprint density at radius 2 is 2.10 bits per heavy atom. The minimum absolute atomic E-state index is 0.104. The lowest BCUT2D eigenvalue weighted by Crippen LogP contribution is -2.59. The van der Waals surface area contributed by atoms with E-state index < -0.39 is 5.54 Å². The van der Waals surface area contributed by atoms with Crippen molar-refractivity contribution in [3.8, 4) is 0 Å². The van der Waals surface area contributed by atoms with E-state index in [-0.39, 0.29) is 11.7 Å². The molecule has 0 heterocycles. The van der Waals surface area contributed by atoms with Gasteiger partial charge in [-0.3, -0.25) is 4.79 Å². The number of carbonyl (C=O) groups excluding carboxylic acids is 1. The molecule has 1 fully saturated rings. The summed E-state index contributed by atoms with van der Waals surface area (Å²) in [6.07, 6.45) is 4.59. The summed E-state index contributed by atoms with van der Waals surface area (Å²) in [6, 6.07) is 0. The van der Waals surface area contributed by atoms with Crippen LogP contribution in [0.3, 0.4) is 0 Å². The van der Waals surface area contributed by atoms with Gasteiger partial charge in [0.15, 0.2) is 5.84 Å². The molecule has 0 saturated heterocycles. The van der Waals surface area contributed by atoms with Crippen molar-refractivity contribution in [1.82, 2.24) is 5.32 Å². The third-order valence-electron chi connectivity index (χ3n) is 3.93. The molecule has 0 unspecified atom stereocenters. The standard InChI is InChI=1S/C14H27N3O3/c1-3-9-20-10-6-12(18)16-14(13(15)17-19)7-4-11(2)5-8-14/h11,19H,3-10H2,1-2H3,(H2,15,17)(H,16,18). The van der Waals surface area contributed by atoms with Crippen molar-refractivity contribution in [2.24, 2.45) is 16.8 Å². The van der Waals surface area contributed by atoms with Crippen LogP contribution in [0.5, 0.6) is 0 Å². The second kappa shape index (κ2) is 8.09. The summed E-state index contributed by atoms with van der Waals surface area (Å²) in [6.45, 7) is 5.27. The van der Waals surface area contributed by atoms with Crippen LogP contribution in [0.25, 0.3) is 0 Å². The van der Waals surface area contributed by atoms with Gasteiger partial charge in [-0.1, -0.05) is 19.0 Å². The Balaban J connectivity index is 2.55. The van der Waals surface area contributed by atoms with E-state index in [1.807, 2.05) is 6.92 Å². The van der Waals surface area contributed by atoms with Crippen LogP contribution in [0.15, 0.2) is 5.16 Å². The molecule has 116 valence electrons. The fourth-order valence-corrected chi connectivity index (χ4v) is 2.54. The molecule has 6 nitrogen and oxygen atoms in total. The molecule has 1 aliphatic rings. The highest BCUT2D eigenvalue weighted by Gasteiger charge is 2.39. The molecule has 1 aliphatic carbocycles. The average molecular weight is 285 g/mol. The van der Waals surface area contributed by atoms with Crippen LogP contribution in [-0.4, -0.2) is 35.7 Å². The highest BCUT2D eigenvalue weighted by Crippen LogP contribution is 2.32. The van der Waals surface area contributed by atoms with Gasteiger partial charge in [0, 0.05) is 13.0 Å². The van der Waals surface area contributed by atoms with Crippen LogP contribution in [0.4, 0.5) is 0 Å². The van der Waals surface area contributed by atoms with E-state index in [2.05, 4.69) is 17.4 Å². The normalized spacial score (nSPS) is 27.3. The molecular weight excluding hydrogens is 258 g/mol. The van der Waals surface area contributed by atoms with Gasteiger partial charge in [0.05, 0.1) is 6.61 Å². The molecule has 0 spiro atoms. The largest absolute Gasteiger partial charge is 0.409 e. The van der Waals surface area contributed by atoms with E-state index in [0.717, 1.165) is 19.3 Å². The second-order valence-electron chi connectivity index (χ2n) is 5.66. The maximum atomic E-state index is 12.0. The number of nitrogens with zero attached hydrogens (tertiary/aromatic N) is 1. The van der Waals surface area contributed by atoms with Crippen LogP contribution in [0.1, 0.15) is 52.4 Å². The second-order valence-corrected chi connectivity index (χ2v) is 5.66. The lowest BCUT2D eigenvalue weighted by molar-refractivity contribution is -0.123. The van der Waals surface area contributed by atoms with Crippen LogP contribution in [-0.2, 0) is 9.53 Å². The maximum absolute atomic E-state index is 12.0. The lowest BCUT2D eigenvalue weighted by atomic mass is 9.76. The number of hydrogen-bond donors (Lipinski definition) is 3. The Morgan fingerprint density at radius 1 is 1.45 bits per heavy atom. The van der Waals surface area contributed by atoms with Crippen molar-refractivity contribution in [3.05, 3.63) is 0 Å². The third kappa shape index (κ3) is 4.67. The SMILES string of the molecule is CCCOCCC(=O)NC1(C(N)=NO)CCC(C)CC1. The zero-order chi connectivity index (χ0) is 15.0. The number of nitrogens with two attached hydrogens (primary N) is 1. The van der Waals surface area contributed by atoms with E-state index in [9.17, 15) is 4.79 Å². The van der Waals surface area contributed by atoms with Crippen molar-refractivity contribution < 1.29 is 14.7 Å². The maximum Gasteiger partial charge on any atom is 0.223 e. The van der Waals surface area contributed by atoms with E-state index in [0.29, 0.717) is 38.4 Å². The van der Waals surface area contributed by atoms with E-state index in [4.69, 9.17) is 15.7 Å². The zero-order valence-electron chi connectivity index (χ0n) is 12.5. The highest BCUT2D eigenvalue weighted by atomic mass is 16.5. The fraction of sp³-hybridized carbons (Fsp3) is 0.857. The van der Waals surface area contributed by atoms with Gasteiger partial charge >= 0.3 is 0 Å². The quantitative estimate of drug-likeness (QED) is 0.218. The van der Waals surface area contributed by atoms with Crippen LogP contribution in [0.2, 0.25) is 0 Å². The Labute approximate surface area is 120 Å². The molecule has 1 amide bonds. The first-order chi connectivity index (χ1) is 9.54. The molecule has 1 rings (SSSR count). The number of amidine groups is 1. The van der Waals surface area contributed by atoms with Crippen LogP contribution in [0, 0.1) is 5.92 Å². The summed E-state index contributed by atoms with van der Waals surface area (Å²) < 4.78 is 5.31. The molecule has 0 atom stereocenters. The van der Waals surface area contributed by atoms with E-state index in [1.54, 1.807) is 0 Å². The summed E-state index contributed by atoms with van der Waals surface area (Å²) >= 11 is 0. The van der Waals surface area contributed by atoms with Gasteiger partial charge in [0.1, 0.15) is 5.54 Å². The highest BCUT2D eigenvalue weighted by molar-refractivity contribution is 5.94. The Kier molecular flexibility index (Phi) is 6.78. The molecule has 6 heteroatoms. The predicted molar refractivity (Wildman–Crippen MR) is 77.6 cm³/mol. The fourth-order valence-electron chi connectivity index (χ4n) is 2.54. The monoisotopic (exact) mass is 285 g/mol. The van der Waals surface area contributed by atoms with Gasteiger partial charge in [-0.2, -0.15) is 0 Å². The molecule has 0 aromatic heterocycles. The topological polar surface area (TPSA) is 96.9 Å². The van der Waals surface area contributed by atoms with Crippen molar-refractivity contribution >= 4 is 11.7 Å². The van der Waals surface area contributed by atoms with Gasteiger partial charge in [-0.15, -0.1) is 0 Å². The van der Waals surface area contributed by atoms with Crippen LogP contribution >= 0.6 is 0 Å². The van der Waals surface area contributed by atoms with Crippen LogP contribution < -0.4 is 11.1 Å². The minimum Gasteiger partial charge on any atom is -0.409 e. The lowest BCUT2D eigenvalue weighted by Gasteiger charge is -2.39. The first-order valence-electron chi connectivity index (χ1n) is 7.41. The number of nitrogens with one attached hydrogen (secondary N) is 1. The van der Waals surface area contributed by atoms with Gasteiger partial charge in [0.25, 0.3) is 0 Å². The Morgan fingerprint density at radius 3 is 2.65 bits per heavy atom. The number of ether oxygens (including phenoxy) is 1. The molecule has 0 aromatic rings. The molecule has 0 aromatic carbocycles. The first-order valence-corrected chi connectivity index (χ1v) is 7.41. The molecule has 4 N–H and O–H groups in total. The average Bonchev–Trinajstić information content (AvgIpc) is 2.45. The molecule has 20 heavy (non-hydrogen) atoms. The Hall–Kier alpha value is -1.30. The summed E-state index contributed by atoms with van der Waals surface area (Å²) in [7, 11) is 0. The zero-order valence-corrected chi connectivity index (χ0v) is 12.5. The van der Waals surface area contributed by atoms with E-state index >= 15 is 0 Å². The minimum atomic E-state index is -0.691. The Bertz CT molecular complexity index is 337. The third-order valence-corrected chi connectivity index (χ3v) is 3.93. The van der Waals surface area contributed by atoms with Gasteiger partial charge in [0.2, 0.25) is 5.91 Å². The van der Waals surface area contributed by atoms with Gasteiger partial charge < -0.3 is 21.0 Å². The summed E-state index contributed by atoms with van der Waals surface area (Å²) in [5.74, 6) is 0.605. The van der Waals surface area contributed by atoms with Crippen molar-refractivity contribution in [2.75, 3.05) is 13.2 Å². The number of carbonyl (C=O) groups is 1.